The molecule has 3 atom stereocenters. The van der Waals surface area contributed by atoms with Gasteiger partial charge in [-0.05, 0) is 42.0 Å². The number of rotatable bonds is 4. The van der Waals surface area contributed by atoms with E-state index in [0.29, 0.717) is 26.1 Å². The number of benzene rings is 2. The molecule has 0 radical (unpaired) electrons. The molecule has 36 heavy (non-hydrogen) atoms. The van der Waals surface area contributed by atoms with Crippen molar-refractivity contribution in [2.24, 2.45) is 11.7 Å². The van der Waals surface area contributed by atoms with E-state index in [4.69, 9.17) is 5.73 Å². The molecule has 13 heteroatoms. The van der Waals surface area contributed by atoms with Crippen LogP contribution in [-0.2, 0) is 20.9 Å². The number of fused-ring (bicyclic) bond motifs is 2. The highest BCUT2D eigenvalue weighted by Gasteiger charge is 2.57. The van der Waals surface area contributed by atoms with Gasteiger partial charge < -0.3 is 11.1 Å². The second kappa shape index (κ2) is 8.99. The predicted octanol–water partition coefficient (Wildman–Crippen LogP) is 2.50. The largest absolute Gasteiger partial charge is 0.351 e. The first-order valence-electron chi connectivity index (χ1n) is 10.5. The number of nitrogens with one attached hydrogen (secondary N) is 1. The second-order valence-corrected chi connectivity index (χ2v) is 10.2. The van der Waals surface area contributed by atoms with Crippen LogP contribution in [0.15, 0.2) is 58.4 Å². The normalized spacial score (nSPS) is 20.7. The summed E-state index contributed by atoms with van der Waals surface area (Å²) in [6.07, 6.45) is 0. The van der Waals surface area contributed by atoms with E-state index in [2.05, 4.69) is 5.32 Å². The zero-order valence-corrected chi connectivity index (χ0v) is 19.8. The molecule has 2 aliphatic rings. The molecule has 0 saturated carbocycles. The van der Waals surface area contributed by atoms with Crippen molar-refractivity contribution in [2.45, 2.75) is 22.7 Å². The summed E-state index contributed by atoms with van der Waals surface area (Å²) in [7, 11) is 0. The highest BCUT2D eigenvalue weighted by molar-refractivity contribution is 8.00. The number of carbonyl (C=O) groups excluding carboxylic acids is 4. The van der Waals surface area contributed by atoms with Gasteiger partial charge in [-0.2, -0.15) is 4.90 Å². The summed E-state index contributed by atoms with van der Waals surface area (Å²) >= 11 is 1.71. The van der Waals surface area contributed by atoms with Crippen LogP contribution >= 0.6 is 23.1 Å². The van der Waals surface area contributed by atoms with Gasteiger partial charge in [0.05, 0.1) is 10.9 Å². The lowest BCUT2D eigenvalue weighted by Crippen LogP contribution is -2.41. The number of nitrogens with two attached hydrogens (primary N) is 1. The van der Waals surface area contributed by atoms with Crippen LogP contribution in [0, 0.1) is 17.6 Å². The molecule has 1 fully saturated rings. The number of carbonyl (C=O) groups is 4. The van der Waals surface area contributed by atoms with Gasteiger partial charge in [0, 0.05) is 16.5 Å². The molecule has 5 amide bonds. The molecule has 0 aliphatic carbocycles. The molecule has 9 nitrogen and oxygen atoms in total. The minimum Gasteiger partial charge on any atom is -0.351 e. The molecule has 2 aliphatic heterocycles. The molecule has 2 unspecified atom stereocenters. The summed E-state index contributed by atoms with van der Waals surface area (Å²) in [5.41, 5.74) is 6.06. The molecule has 2 aromatic carbocycles. The van der Waals surface area contributed by atoms with Crippen LogP contribution in [0.25, 0.3) is 0 Å². The Kier molecular flexibility index (Phi) is 5.96. The van der Waals surface area contributed by atoms with E-state index in [1.54, 1.807) is 0 Å². The van der Waals surface area contributed by atoms with Gasteiger partial charge in [0.2, 0.25) is 11.8 Å². The number of imide groups is 3. The molecule has 1 saturated heterocycles. The number of nitrogens with zero attached hydrogens (tertiary/aromatic N) is 2. The van der Waals surface area contributed by atoms with Crippen LogP contribution in [0.1, 0.15) is 16.4 Å². The third-order valence-corrected chi connectivity index (χ3v) is 8.53. The Hall–Kier alpha value is -3.84. The Labute approximate surface area is 209 Å². The first-order valence-corrected chi connectivity index (χ1v) is 12.2. The lowest BCUT2D eigenvalue weighted by Gasteiger charge is -2.30. The maximum atomic E-state index is 13.6. The van der Waals surface area contributed by atoms with E-state index in [1.165, 1.54) is 53.1 Å². The number of thioether (sulfide) groups is 1. The molecule has 3 N–H and O–H groups in total. The monoisotopic (exact) mass is 530 g/mol. The number of aromatic nitrogens is 1. The summed E-state index contributed by atoms with van der Waals surface area (Å²) in [6.45, 7) is -0.412. The maximum absolute atomic E-state index is 13.6. The Morgan fingerprint density at radius 2 is 1.56 bits per heavy atom. The Balaban J connectivity index is 1.55. The average Bonchev–Trinajstić information content (AvgIpc) is 3.27. The van der Waals surface area contributed by atoms with Crippen molar-refractivity contribution in [3.8, 4) is 0 Å². The zero-order chi connectivity index (χ0) is 25.7. The van der Waals surface area contributed by atoms with Gasteiger partial charge in [0.15, 0.2) is 0 Å². The van der Waals surface area contributed by atoms with Crippen LogP contribution in [0.3, 0.4) is 0 Å². The first-order chi connectivity index (χ1) is 17.2. The van der Waals surface area contributed by atoms with E-state index < -0.39 is 63.9 Å². The smallest absolute Gasteiger partial charge is 0.328 e. The SMILES string of the molecule is NC(=O)N1C(=O)C2Sc3c(sc(=O)n3CC(=O)Nc3ccc(F)cc3)[C@@H](c3ccc(F)cc3)C2C1=O. The molecular formula is C23H16F2N4O5S2. The minimum absolute atomic E-state index is 0.294. The number of likely N-dealkylation sites (tertiary alicyclic amines) is 1. The van der Waals surface area contributed by atoms with Gasteiger partial charge in [-0.25, -0.2) is 13.6 Å². The number of amides is 5. The van der Waals surface area contributed by atoms with Crippen molar-refractivity contribution in [1.82, 2.24) is 9.47 Å². The van der Waals surface area contributed by atoms with Crippen molar-refractivity contribution in [2.75, 3.05) is 5.32 Å². The fourth-order valence-electron chi connectivity index (χ4n) is 4.38. The Morgan fingerprint density at radius 1 is 0.944 bits per heavy atom. The Bertz CT molecular complexity index is 1470. The van der Waals surface area contributed by atoms with Crippen molar-refractivity contribution < 1.29 is 28.0 Å². The van der Waals surface area contributed by atoms with E-state index in [9.17, 15) is 32.8 Å². The number of halogens is 2. The van der Waals surface area contributed by atoms with Crippen molar-refractivity contribution in [1.29, 1.82) is 0 Å². The van der Waals surface area contributed by atoms with Crippen LogP contribution < -0.4 is 15.9 Å². The number of hydrogen-bond donors (Lipinski definition) is 2. The van der Waals surface area contributed by atoms with Gasteiger partial charge in [-0.15, -0.1) is 0 Å². The third kappa shape index (κ3) is 3.99. The fourth-order valence-corrected chi connectivity index (χ4v) is 7.15. The van der Waals surface area contributed by atoms with Gasteiger partial charge in [-0.1, -0.05) is 35.2 Å². The quantitative estimate of drug-likeness (QED) is 0.499. The molecule has 0 spiro atoms. The first kappa shape index (κ1) is 23.9. The lowest BCUT2D eigenvalue weighted by molar-refractivity contribution is -0.135. The lowest BCUT2D eigenvalue weighted by atomic mass is 9.83. The molecule has 184 valence electrons. The van der Waals surface area contributed by atoms with Crippen LogP contribution in [0.5, 0.6) is 0 Å². The predicted molar refractivity (Wildman–Crippen MR) is 126 cm³/mol. The van der Waals surface area contributed by atoms with E-state index >= 15 is 0 Å². The van der Waals surface area contributed by atoms with Crippen molar-refractivity contribution in [3.63, 3.8) is 0 Å². The van der Waals surface area contributed by atoms with Crippen LogP contribution in [0.4, 0.5) is 19.3 Å². The standard InChI is InChI=1S/C23H16F2N4O5S2/c24-11-3-1-10(2-4-11)15-16-17(20(32)29(19(16)31)22(26)33)35-21-18(15)36-23(34)28(21)9-14(30)27-13-7-5-12(25)6-8-13/h1-8,15-17H,9H2,(H2,26,33)(H,27,30)/t15-,16?,17?/m0/s1. The second-order valence-electron chi connectivity index (χ2n) is 8.12. The molecular weight excluding hydrogens is 514 g/mol. The summed E-state index contributed by atoms with van der Waals surface area (Å²) in [5.74, 6) is -5.07. The summed E-state index contributed by atoms with van der Waals surface area (Å²) < 4.78 is 28.0. The number of primary amides is 1. The van der Waals surface area contributed by atoms with E-state index in [0.717, 1.165) is 23.1 Å². The highest BCUT2D eigenvalue weighted by atomic mass is 32.2. The number of urea groups is 1. The fraction of sp³-hybridized carbons (Fsp3) is 0.174. The van der Waals surface area contributed by atoms with Gasteiger partial charge >= 0.3 is 10.9 Å². The molecule has 1 aromatic heterocycles. The zero-order valence-electron chi connectivity index (χ0n) is 18.1. The average molecular weight is 531 g/mol. The minimum atomic E-state index is -1.21. The molecule has 5 rings (SSSR count). The molecule has 3 heterocycles. The maximum Gasteiger partial charge on any atom is 0.328 e. The van der Waals surface area contributed by atoms with Crippen LogP contribution in [-0.4, -0.2) is 38.5 Å². The molecule has 0 bridgehead atoms. The van der Waals surface area contributed by atoms with Gasteiger partial charge in [-0.3, -0.25) is 23.7 Å². The van der Waals surface area contributed by atoms with E-state index in [1.807, 2.05) is 0 Å². The topological polar surface area (TPSA) is 132 Å². The number of thiazole rings is 1. The van der Waals surface area contributed by atoms with E-state index in [-0.39, 0.29) is 0 Å². The van der Waals surface area contributed by atoms with Crippen molar-refractivity contribution >= 4 is 52.5 Å². The highest BCUT2D eigenvalue weighted by Crippen LogP contribution is 2.53. The van der Waals surface area contributed by atoms with Gasteiger partial charge in [0.1, 0.15) is 23.4 Å². The summed E-state index contributed by atoms with van der Waals surface area (Å²) in [5, 5.41) is 1.79. The van der Waals surface area contributed by atoms with Crippen LogP contribution in [0.2, 0.25) is 0 Å². The number of anilines is 1. The number of hydrogen-bond acceptors (Lipinski definition) is 7. The van der Waals surface area contributed by atoms with Gasteiger partial charge in [0.25, 0.3) is 5.91 Å². The molecule has 3 aromatic rings. The van der Waals surface area contributed by atoms with Crippen molar-refractivity contribution in [3.05, 3.63) is 80.3 Å². The third-order valence-electron chi connectivity index (χ3n) is 5.93. The summed E-state index contributed by atoms with van der Waals surface area (Å²) in [4.78, 5) is 63.8. The summed E-state index contributed by atoms with van der Waals surface area (Å²) in [6, 6.07) is 9.12. The Morgan fingerprint density at radius 3 is 2.17 bits per heavy atom.